The Morgan fingerprint density at radius 3 is 2.23 bits per heavy atom. The number of hydrogen-bond donors (Lipinski definition) is 4. The normalized spacial score (nSPS) is 23.8. The van der Waals surface area contributed by atoms with Gasteiger partial charge in [0.15, 0.2) is 29.5 Å². The number of benzene rings is 4. The molecule has 17 nitrogen and oxygen atoms in total. The van der Waals surface area contributed by atoms with Gasteiger partial charge in [0.2, 0.25) is 0 Å². The second-order valence-corrected chi connectivity index (χ2v) is 18.5. The largest absolute Gasteiger partial charge is 0.488 e. The van der Waals surface area contributed by atoms with E-state index in [2.05, 4.69) is 28.9 Å². The molecule has 2 saturated heterocycles. The van der Waals surface area contributed by atoms with Gasteiger partial charge >= 0.3 is 23.2 Å². The zero-order valence-corrected chi connectivity index (χ0v) is 32.7. The molecular formula is C37H38N5O12P3. The molecule has 2 aliphatic heterocycles. The highest BCUT2D eigenvalue weighted by Gasteiger charge is 2.54. The highest BCUT2D eigenvalue weighted by molar-refractivity contribution is 7.68. The van der Waals surface area contributed by atoms with Crippen LogP contribution in [0.5, 0.6) is 0 Å². The molecule has 4 aromatic carbocycles. The lowest BCUT2D eigenvalue weighted by atomic mass is 10.1. The molecular weight excluding hydrogens is 799 g/mol. The van der Waals surface area contributed by atoms with Crippen LogP contribution in [-0.4, -0.2) is 65.4 Å². The molecule has 2 aliphatic rings. The minimum atomic E-state index is -5.65. The van der Waals surface area contributed by atoms with Gasteiger partial charge in [0.1, 0.15) is 24.6 Å². The van der Waals surface area contributed by atoms with Crippen molar-refractivity contribution in [3.05, 3.63) is 132 Å². The monoisotopic (exact) mass is 837 g/mol. The van der Waals surface area contributed by atoms with Gasteiger partial charge in [-0.1, -0.05) is 103 Å². The van der Waals surface area contributed by atoms with Crippen molar-refractivity contribution >= 4 is 51.0 Å². The fourth-order valence-corrected chi connectivity index (χ4v) is 11.1. The van der Waals surface area contributed by atoms with E-state index in [0.29, 0.717) is 47.3 Å². The fraction of sp³-hybridized carbons (Fsp3) is 0.270. The third-order valence-electron chi connectivity index (χ3n) is 9.44. The molecule has 0 saturated carbocycles. The van der Waals surface area contributed by atoms with Crippen LogP contribution in [0.1, 0.15) is 29.3 Å². The van der Waals surface area contributed by atoms with Crippen LogP contribution in [0, 0.1) is 0 Å². The highest BCUT2D eigenvalue weighted by atomic mass is 31.3. The number of ether oxygens (including phenoxy) is 3. The van der Waals surface area contributed by atoms with Gasteiger partial charge in [-0.15, -0.1) is 0 Å². The van der Waals surface area contributed by atoms with Crippen LogP contribution in [0.4, 0.5) is 5.82 Å². The second-order valence-electron chi connectivity index (χ2n) is 13.4. The van der Waals surface area contributed by atoms with Crippen LogP contribution in [0.3, 0.4) is 0 Å². The molecule has 4 heterocycles. The predicted molar refractivity (Wildman–Crippen MR) is 207 cm³/mol. The summed E-state index contributed by atoms with van der Waals surface area (Å²) in [7, 11) is -16.0. The van der Waals surface area contributed by atoms with Crippen LogP contribution in [0.25, 0.3) is 21.9 Å². The number of fused-ring (bicyclic) bond motifs is 3. The number of nitrogens with zero attached hydrogens (tertiary/aromatic N) is 4. The summed E-state index contributed by atoms with van der Waals surface area (Å²) in [4.78, 5) is 44.8. The minimum Gasteiger partial charge on any atom is -0.364 e. The Bertz CT molecular complexity index is 2490. The van der Waals surface area contributed by atoms with Gasteiger partial charge < -0.3 is 34.2 Å². The second kappa shape index (κ2) is 16.6. The van der Waals surface area contributed by atoms with Crippen molar-refractivity contribution in [3.63, 3.8) is 0 Å². The molecule has 8 unspecified atom stereocenters. The topological polar surface area (TPSA) is 223 Å². The molecule has 0 amide bonds. The minimum absolute atomic E-state index is 0.350. The van der Waals surface area contributed by atoms with Gasteiger partial charge in [-0.2, -0.15) is 4.31 Å². The molecule has 57 heavy (non-hydrogen) atoms. The lowest BCUT2D eigenvalue weighted by Crippen LogP contribution is -2.31. The highest BCUT2D eigenvalue weighted by Crippen LogP contribution is 2.68. The van der Waals surface area contributed by atoms with E-state index < -0.39 is 66.8 Å². The first-order valence-electron chi connectivity index (χ1n) is 17.9. The third-order valence-corrected chi connectivity index (χ3v) is 14.2. The molecule has 8 atom stereocenters. The molecule has 20 heteroatoms. The summed E-state index contributed by atoms with van der Waals surface area (Å²) in [6.45, 7) is -0.197. The van der Waals surface area contributed by atoms with E-state index in [1.165, 1.54) is 12.7 Å². The van der Waals surface area contributed by atoms with Crippen molar-refractivity contribution < 1.29 is 55.7 Å². The van der Waals surface area contributed by atoms with Gasteiger partial charge in [-0.05, 0) is 33.9 Å². The van der Waals surface area contributed by atoms with Crippen molar-refractivity contribution in [3.8, 4) is 0 Å². The fourth-order valence-electron chi connectivity index (χ4n) is 6.94. The maximum Gasteiger partial charge on any atom is 0.488 e. The van der Waals surface area contributed by atoms with E-state index in [-0.39, 0.29) is 0 Å². The first-order chi connectivity index (χ1) is 27.4. The van der Waals surface area contributed by atoms with E-state index in [0.717, 1.165) is 16.5 Å². The van der Waals surface area contributed by atoms with Gasteiger partial charge in [-0.25, -0.2) is 28.4 Å². The van der Waals surface area contributed by atoms with Crippen molar-refractivity contribution in [2.24, 2.45) is 0 Å². The maximum atomic E-state index is 13.1. The first-order valence-corrected chi connectivity index (χ1v) is 22.6. The molecule has 2 fully saturated rings. The van der Waals surface area contributed by atoms with Crippen molar-refractivity contribution in [2.75, 3.05) is 11.9 Å². The summed E-state index contributed by atoms with van der Waals surface area (Å²) in [5, 5.41) is 4.67. The number of hydrogen-bond acceptors (Lipinski definition) is 13. The Morgan fingerprint density at radius 1 is 0.737 bits per heavy atom. The number of aromatic nitrogens is 4. The molecule has 0 bridgehead atoms. The molecule has 2 aromatic heterocycles. The van der Waals surface area contributed by atoms with Crippen LogP contribution >= 0.6 is 23.2 Å². The Kier molecular flexibility index (Phi) is 11.5. The van der Waals surface area contributed by atoms with Crippen LogP contribution in [0.2, 0.25) is 0 Å². The summed E-state index contributed by atoms with van der Waals surface area (Å²) in [6, 6.07) is 31.5. The molecule has 0 radical (unpaired) electrons. The van der Waals surface area contributed by atoms with Gasteiger partial charge in [0.05, 0.1) is 19.1 Å². The Morgan fingerprint density at radius 2 is 1.44 bits per heavy atom. The number of nitrogens with one attached hydrogen (secondary N) is 1. The molecule has 0 spiro atoms. The predicted octanol–water partition coefficient (Wildman–Crippen LogP) is 6.87. The van der Waals surface area contributed by atoms with E-state index >= 15 is 0 Å². The summed E-state index contributed by atoms with van der Waals surface area (Å²) < 4.78 is 73.7. The standard InChI is InChI=1S/C37H38N5O12P3/c43-55(44,22-28-16-9-15-27-14-7-8-17-29(27)28)53-57(47,48)54-56(45,46)49-21-30-33-34(52-31(51-33)19-18-25-10-3-1-4-11-25)37(50-30)42-24-41-32-35(39-23-40-36(32)42)38-20-26-12-5-2-6-13-26/h1-17,23-24,30-31,33-34,37H,18-22H2,(H,43,44)(H,45,46)(H,47,48)(H,38,39,40). The van der Waals surface area contributed by atoms with Crippen LogP contribution in [-0.2, 0) is 60.2 Å². The lowest BCUT2D eigenvalue weighted by Gasteiger charge is -2.22. The van der Waals surface area contributed by atoms with Gasteiger partial charge in [0.25, 0.3) is 0 Å². The van der Waals surface area contributed by atoms with E-state index in [1.54, 1.807) is 47.0 Å². The van der Waals surface area contributed by atoms with Gasteiger partial charge in [-0.3, -0.25) is 13.7 Å². The van der Waals surface area contributed by atoms with E-state index in [9.17, 15) is 28.4 Å². The molecule has 6 aromatic rings. The number of aryl methyl sites for hydroxylation is 1. The number of rotatable bonds is 16. The molecule has 298 valence electrons. The number of anilines is 1. The Labute approximate surface area is 326 Å². The van der Waals surface area contributed by atoms with Crippen LogP contribution in [0.15, 0.2) is 116 Å². The number of imidazole rings is 1. The van der Waals surface area contributed by atoms with E-state index in [1.807, 2.05) is 60.7 Å². The van der Waals surface area contributed by atoms with Gasteiger partial charge in [0, 0.05) is 13.0 Å². The molecule has 8 rings (SSSR count). The summed E-state index contributed by atoms with van der Waals surface area (Å²) in [6.07, 6.45) is -0.954. The zero-order valence-electron chi connectivity index (χ0n) is 30.0. The Balaban J connectivity index is 0.966. The number of phosphoric acid groups is 2. The molecule has 4 N–H and O–H groups in total. The van der Waals surface area contributed by atoms with Crippen LogP contribution < -0.4 is 5.32 Å². The Hall–Kier alpha value is -4.18. The first kappa shape index (κ1) is 39.6. The summed E-state index contributed by atoms with van der Waals surface area (Å²) in [5.74, 6) is 0.486. The van der Waals surface area contributed by atoms with Crippen molar-refractivity contribution in [2.45, 2.75) is 56.4 Å². The van der Waals surface area contributed by atoms with Crippen molar-refractivity contribution in [1.29, 1.82) is 0 Å². The summed E-state index contributed by atoms with van der Waals surface area (Å²) in [5.41, 5.74) is 3.32. The lowest BCUT2D eigenvalue weighted by molar-refractivity contribution is -0.151. The average Bonchev–Trinajstić information content (AvgIpc) is 3.90. The zero-order chi connectivity index (χ0) is 39.6. The summed E-state index contributed by atoms with van der Waals surface area (Å²) >= 11 is 0. The average molecular weight is 838 g/mol. The SMILES string of the molecule is O=P(O)(Cc1cccc2ccccc12)OP(=O)(O)OP(=O)(O)OCC1OC(n2cnc3c(NCc4ccccc4)ncnc32)C2OC(CCc3ccccc3)OC12. The maximum absolute atomic E-state index is 13.1. The third kappa shape index (κ3) is 9.42. The smallest absolute Gasteiger partial charge is 0.364 e. The van der Waals surface area contributed by atoms with E-state index in [4.69, 9.17) is 18.7 Å². The molecule has 0 aliphatic carbocycles. The number of phosphoric ester groups is 1. The van der Waals surface area contributed by atoms with Crippen molar-refractivity contribution in [1.82, 2.24) is 19.5 Å². The quantitative estimate of drug-likeness (QED) is 0.0730.